The summed E-state index contributed by atoms with van der Waals surface area (Å²) in [4.78, 5) is 4.27. The Morgan fingerprint density at radius 1 is 1.64 bits per heavy atom. The number of nitrogens with zero attached hydrogens (tertiary/aromatic N) is 2. The number of rotatable bonds is 5. The van der Waals surface area contributed by atoms with E-state index in [1.165, 1.54) is 12.8 Å². The van der Waals surface area contributed by atoms with Crippen LogP contribution in [0.1, 0.15) is 18.7 Å². The van der Waals surface area contributed by atoms with E-state index < -0.39 is 0 Å². The van der Waals surface area contributed by atoms with Gasteiger partial charge < -0.3 is 9.88 Å². The van der Waals surface area contributed by atoms with Crippen LogP contribution >= 0.6 is 11.6 Å². The number of aryl methyl sites for hydroxylation is 1. The minimum atomic E-state index is 0.257. The van der Waals surface area contributed by atoms with Crippen molar-refractivity contribution in [3.05, 3.63) is 18.2 Å². The molecule has 0 amide bonds. The summed E-state index contributed by atoms with van der Waals surface area (Å²) in [5, 5.41) is 3.50. The molecule has 1 aromatic rings. The lowest BCUT2D eigenvalue weighted by molar-refractivity contribution is 0.537. The molecule has 14 heavy (non-hydrogen) atoms. The minimum absolute atomic E-state index is 0.257. The zero-order valence-electron chi connectivity index (χ0n) is 8.46. The number of hydrogen-bond acceptors (Lipinski definition) is 2. The first-order chi connectivity index (χ1) is 6.76. The second-order valence-electron chi connectivity index (χ2n) is 4.05. The molecule has 0 bridgehead atoms. The third-order valence-corrected chi connectivity index (χ3v) is 3.39. The Kier molecular flexibility index (Phi) is 2.79. The van der Waals surface area contributed by atoms with Crippen LogP contribution in [0.3, 0.4) is 0 Å². The van der Waals surface area contributed by atoms with Crippen molar-refractivity contribution in [3.8, 4) is 0 Å². The molecular weight excluding hydrogens is 198 g/mol. The van der Waals surface area contributed by atoms with Crippen molar-refractivity contribution >= 4 is 11.6 Å². The topological polar surface area (TPSA) is 29.9 Å². The molecule has 0 unspecified atom stereocenters. The smallest absolute Gasteiger partial charge is 0.109 e. The molecule has 0 aromatic carbocycles. The molecule has 0 aliphatic heterocycles. The van der Waals surface area contributed by atoms with Gasteiger partial charge in [0.1, 0.15) is 5.82 Å². The average molecular weight is 214 g/mol. The maximum Gasteiger partial charge on any atom is 0.109 e. The fraction of sp³-hybridized carbons (Fsp3) is 0.700. The van der Waals surface area contributed by atoms with Gasteiger partial charge in [-0.05, 0) is 12.8 Å². The zero-order chi connectivity index (χ0) is 10.0. The second kappa shape index (κ2) is 3.91. The van der Waals surface area contributed by atoms with Crippen molar-refractivity contribution in [2.45, 2.75) is 24.8 Å². The standard InChI is InChI=1S/C10H16ClN3/c1-14-7-6-12-9(14)2-5-13-10(8-11)3-4-10/h6-7,13H,2-5,8H2,1H3. The number of nitrogens with one attached hydrogen (secondary N) is 1. The van der Waals surface area contributed by atoms with E-state index in [0.29, 0.717) is 0 Å². The van der Waals surface area contributed by atoms with Crippen LogP contribution in [-0.2, 0) is 13.5 Å². The van der Waals surface area contributed by atoms with E-state index in [9.17, 15) is 0 Å². The minimum Gasteiger partial charge on any atom is -0.338 e. The largest absolute Gasteiger partial charge is 0.338 e. The number of alkyl halides is 1. The lowest BCUT2D eigenvalue weighted by atomic mass is 10.3. The predicted octanol–water partition coefficient (Wildman–Crippen LogP) is 1.32. The Bertz CT molecular complexity index is 304. The Labute approximate surface area is 89.5 Å². The molecule has 78 valence electrons. The molecule has 3 nitrogen and oxygen atoms in total. The van der Waals surface area contributed by atoms with Crippen molar-refractivity contribution < 1.29 is 0 Å². The van der Waals surface area contributed by atoms with Gasteiger partial charge >= 0.3 is 0 Å². The van der Waals surface area contributed by atoms with Crippen molar-refractivity contribution in [2.24, 2.45) is 7.05 Å². The maximum absolute atomic E-state index is 5.86. The van der Waals surface area contributed by atoms with Crippen LogP contribution in [0.5, 0.6) is 0 Å². The monoisotopic (exact) mass is 213 g/mol. The molecule has 0 radical (unpaired) electrons. The molecule has 1 N–H and O–H groups in total. The van der Waals surface area contributed by atoms with Crippen molar-refractivity contribution in [1.82, 2.24) is 14.9 Å². The van der Waals surface area contributed by atoms with Gasteiger partial charge in [0.15, 0.2) is 0 Å². The van der Waals surface area contributed by atoms with Gasteiger partial charge in [-0.25, -0.2) is 4.98 Å². The molecule has 1 aromatic heterocycles. The number of hydrogen-bond donors (Lipinski definition) is 1. The van der Waals surface area contributed by atoms with E-state index in [1.54, 1.807) is 0 Å². The van der Waals surface area contributed by atoms with Crippen LogP contribution < -0.4 is 5.32 Å². The molecule has 0 spiro atoms. The van der Waals surface area contributed by atoms with Gasteiger partial charge in [0.2, 0.25) is 0 Å². The van der Waals surface area contributed by atoms with Gasteiger partial charge in [-0.2, -0.15) is 0 Å². The maximum atomic E-state index is 5.86. The van der Waals surface area contributed by atoms with Crippen molar-refractivity contribution in [1.29, 1.82) is 0 Å². The SMILES string of the molecule is Cn1ccnc1CCNC1(CCl)CC1. The predicted molar refractivity (Wildman–Crippen MR) is 57.6 cm³/mol. The number of aromatic nitrogens is 2. The lowest BCUT2D eigenvalue weighted by Gasteiger charge is -2.13. The summed E-state index contributed by atoms with van der Waals surface area (Å²) >= 11 is 5.86. The highest BCUT2D eigenvalue weighted by atomic mass is 35.5. The first-order valence-corrected chi connectivity index (χ1v) is 5.56. The summed E-state index contributed by atoms with van der Waals surface area (Å²) in [6, 6.07) is 0. The molecule has 2 rings (SSSR count). The first kappa shape index (κ1) is 9.99. The lowest BCUT2D eigenvalue weighted by Crippen LogP contribution is -2.34. The van der Waals surface area contributed by atoms with Crippen LogP contribution in [0.4, 0.5) is 0 Å². The van der Waals surface area contributed by atoms with Crippen LogP contribution in [-0.4, -0.2) is 27.5 Å². The molecule has 1 saturated carbocycles. The molecule has 1 heterocycles. The van der Waals surface area contributed by atoms with Crippen LogP contribution in [0.2, 0.25) is 0 Å². The van der Waals surface area contributed by atoms with Gasteiger partial charge in [0.05, 0.1) is 0 Å². The quantitative estimate of drug-likeness (QED) is 0.748. The summed E-state index contributed by atoms with van der Waals surface area (Å²) in [6.45, 7) is 0.970. The van der Waals surface area contributed by atoms with E-state index in [1.807, 2.05) is 19.4 Å². The third-order valence-electron chi connectivity index (χ3n) is 2.88. The molecule has 0 saturated heterocycles. The van der Waals surface area contributed by atoms with E-state index >= 15 is 0 Å². The summed E-state index contributed by atoms with van der Waals surface area (Å²) in [5.74, 6) is 1.86. The van der Waals surface area contributed by atoms with E-state index in [2.05, 4.69) is 14.9 Å². The van der Waals surface area contributed by atoms with E-state index in [0.717, 1.165) is 24.7 Å². The Morgan fingerprint density at radius 3 is 2.93 bits per heavy atom. The fourth-order valence-corrected chi connectivity index (χ4v) is 1.95. The average Bonchev–Trinajstić information content (AvgIpc) is 2.86. The molecular formula is C10H16ClN3. The zero-order valence-corrected chi connectivity index (χ0v) is 9.22. The molecule has 1 fully saturated rings. The second-order valence-corrected chi connectivity index (χ2v) is 4.31. The van der Waals surface area contributed by atoms with Crippen molar-refractivity contribution in [2.75, 3.05) is 12.4 Å². The summed E-state index contributed by atoms with van der Waals surface area (Å²) in [5.41, 5.74) is 0.257. The van der Waals surface area contributed by atoms with E-state index in [4.69, 9.17) is 11.6 Å². The van der Waals surface area contributed by atoms with Gasteiger partial charge in [-0.15, -0.1) is 11.6 Å². The van der Waals surface area contributed by atoms with E-state index in [-0.39, 0.29) is 5.54 Å². The molecule has 0 atom stereocenters. The highest BCUT2D eigenvalue weighted by Gasteiger charge is 2.40. The van der Waals surface area contributed by atoms with Crippen LogP contribution in [0, 0.1) is 0 Å². The Morgan fingerprint density at radius 2 is 2.43 bits per heavy atom. The van der Waals surface area contributed by atoms with Crippen molar-refractivity contribution in [3.63, 3.8) is 0 Å². The van der Waals surface area contributed by atoms with Gasteiger partial charge in [0.25, 0.3) is 0 Å². The van der Waals surface area contributed by atoms with Gasteiger partial charge in [0, 0.05) is 43.8 Å². The van der Waals surface area contributed by atoms with Crippen LogP contribution in [0.25, 0.3) is 0 Å². The molecule has 1 aliphatic rings. The Hall–Kier alpha value is -0.540. The highest BCUT2D eigenvalue weighted by molar-refractivity contribution is 6.18. The number of imidazole rings is 1. The highest BCUT2D eigenvalue weighted by Crippen LogP contribution is 2.36. The molecule has 1 aliphatic carbocycles. The van der Waals surface area contributed by atoms with Gasteiger partial charge in [-0.3, -0.25) is 0 Å². The first-order valence-electron chi connectivity index (χ1n) is 5.03. The third kappa shape index (κ3) is 2.10. The van der Waals surface area contributed by atoms with Crippen LogP contribution in [0.15, 0.2) is 12.4 Å². The summed E-state index contributed by atoms with van der Waals surface area (Å²) < 4.78 is 2.06. The van der Waals surface area contributed by atoms with Gasteiger partial charge in [-0.1, -0.05) is 0 Å². The summed E-state index contributed by atoms with van der Waals surface area (Å²) in [7, 11) is 2.02. The Balaban J connectivity index is 1.76. The normalized spacial score (nSPS) is 18.4. The molecule has 4 heteroatoms. The summed E-state index contributed by atoms with van der Waals surface area (Å²) in [6.07, 6.45) is 7.23. The number of halogens is 1. The fourth-order valence-electron chi connectivity index (χ4n) is 1.59.